The number of hydrogen-bond acceptors (Lipinski definition) is 5. The molecule has 0 saturated carbocycles. The molecular formula is C26H30N2O6. The fourth-order valence-electron chi connectivity index (χ4n) is 4.90. The number of likely N-dealkylation sites (N-methyl/N-ethyl adjacent to an activating group) is 1. The standard InChI is InChI=1S/C26H30N2O6/c1-2-28(23-16-33-14-22(23)25(30)31)24(29)12-7-13-27-26(32)34-15-21-19-10-5-3-8-17(19)18-9-4-6-11-20(18)21/h3-6,8-11,21-23H,2,7,12-16H2,1H3,(H,27,32)(H,30,31). The molecule has 1 aliphatic carbocycles. The molecular weight excluding hydrogens is 436 g/mol. The number of aliphatic carboxylic acids is 1. The summed E-state index contributed by atoms with van der Waals surface area (Å²) in [5.74, 6) is -1.80. The number of carbonyl (C=O) groups is 3. The lowest BCUT2D eigenvalue weighted by atomic mass is 9.98. The van der Waals surface area contributed by atoms with Crippen LogP contribution in [0.15, 0.2) is 48.5 Å². The van der Waals surface area contributed by atoms with Crippen LogP contribution in [0, 0.1) is 5.92 Å². The summed E-state index contributed by atoms with van der Waals surface area (Å²) in [6.45, 7) is 3.12. The average molecular weight is 467 g/mol. The highest BCUT2D eigenvalue weighted by Gasteiger charge is 2.39. The third-order valence-electron chi connectivity index (χ3n) is 6.61. The van der Waals surface area contributed by atoms with Crippen molar-refractivity contribution in [2.75, 3.05) is 32.9 Å². The highest BCUT2D eigenvalue weighted by Crippen LogP contribution is 2.44. The smallest absolute Gasteiger partial charge is 0.407 e. The first kappa shape index (κ1) is 23.8. The third-order valence-corrected chi connectivity index (χ3v) is 6.61. The summed E-state index contributed by atoms with van der Waals surface area (Å²) in [6, 6.07) is 15.8. The number of carboxylic acids is 1. The van der Waals surface area contributed by atoms with Crippen molar-refractivity contribution < 1.29 is 29.0 Å². The molecule has 34 heavy (non-hydrogen) atoms. The van der Waals surface area contributed by atoms with Gasteiger partial charge in [-0.3, -0.25) is 9.59 Å². The number of ether oxygens (including phenoxy) is 2. The van der Waals surface area contributed by atoms with E-state index in [2.05, 4.69) is 29.6 Å². The molecule has 2 aromatic carbocycles. The molecule has 8 heteroatoms. The van der Waals surface area contributed by atoms with E-state index in [0.717, 1.165) is 11.1 Å². The fourth-order valence-corrected chi connectivity index (χ4v) is 4.90. The molecule has 2 N–H and O–H groups in total. The molecule has 1 heterocycles. The monoisotopic (exact) mass is 466 g/mol. The quantitative estimate of drug-likeness (QED) is 0.550. The van der Waals surface area contributed by atoms with Gasteiger partial charge in [-0.1, -0.05) is 48.5 Å². The second-order valence-corrected chi connectivity index (χ2v) is 8.59. The van der Waals surface area contributed by atoms with Crippen molar-refractivity contribution in [3.8, 4) is 11.1 Å². The lowest BCUT2D eigenvalue weighted by molar-refractivity contribution is -0.145. The van der Waals surface area contributed by atoms with E-state index in [-0.39, 0.29) is 38.1 Å². The summed E-state index contributed by atoms with van der Waals surface area (Å²) in [5.41, 5.74) is 4.64. The van der Waals surface area contributed by atoms with Crippen LogP contribution < -0.4 is 5.32 Å². The number of rotatable bonds is 9. The zero-order chi connectivity index (χ0) is 24.1. The summed E-state index contributed by atoms with van der Waals surface area (Å²) in [7, 11) is 0. The summed E-state index contributed by atoms with van der Waals surface area (Å²) >= 11 is 0. The summed E-state index contributed by atoms with van der Waals surface area (Å²) in [6.07, 6.45) is 0.127. The average Bonchev–Trinajstić information content (AvgIpc) is 3.44. The second-order valence-electron chi connectivity index (χ2n) is 8.59. The Morgan fingerprint density at radius 2 is 1.71 bits per heavy atom. The van der Waals surface area contributed by atoms with Crippen LogP contribution >= 0.6 is 0 Å². The van der Waals surface area contributed by atoms with E-state index in [1.165, 1.54) is 11.1 Å². The van der Waals surface area contributed by atoms with Crippen molar-refractivity contribution in [1.82, 2.24) is 10.2 Å². The number of nitrogens with one attached hydrogen (secondary N) is 1. The number of fused-ring (bicyclic) bond motifs is 3. The van der Waals surface area contributed by atoms with E-state index < -0.39 is 24.0 Å². The zero-order valence-corrected chi connectivity index (χ0v) is 19.2. The molecule has 2 aromatic rings. The molecule has 2 unspecified atom stereocenters. The molecule has 0 bridgehead atoms. The Kier molecular flexibility index (Phi) is 7.47. The number of alkyl carbamates (subject to hydrolysis) is 1. The van der Waals surface area contributed by atoms with Crippen LogP contribution in [0.2, 0.25) is 0 Å². The molecule has 1 aliphatic heterocycles. The molecule has 8 nitrogen and oxygen atoms in total. The van der Waals surface area contributed by atoms with Crippen LogP contribution in [0.4, 0.5) is 4.79 Å². The lowest BCUT2D eigenvalue weighted by Crippen LogP contribution is -2.46. The Balaban J connectivity index is 1.23. The summed E-state index contributed by atoms with van der Waals surface area (Å²) in [4.78, 5) is 37.9. The van der Waals surface area contributed by atoms with E-state index in [9.17, 15) is 19.5 Å². The maximum atomic E-state index is 12.6. The number of benzene rings is 2. The maximum Gasteiger partial charge on any atom is 0.407 e. The van der Waals surface area contributed by atoms with Crippen LogP contribution in [0.1, 0.15) is 36.8 Å². The Bertz CT molecular complexity index is 1010. The van der Waals surface area contributed by atoms with Gasteiger partial charge >= 0.3 is 12.1 Å². The number of hydrogen-bond donors (Lipinski definition) is 2. The molecule has 2 amide bonds. The van der Waals surface area contributed by atoms with Crippen LogP contribution in [-0.2, 0) is 19.1 Å². The Morgan fingerprint density at radius 3 is 2.32 bits per heavy atom. The van der Waals surface area contributed by atoms with Crippen molar-refractivity contribution in [2.24, 2.45) is 5.92 Å². The predicted molar refractivity (Wildman–Crippen MR) is 125 cm³/mol. The molecule has 1 saturated heterocycles. The lowest BCUT2D eigenvalue weighted by Gasteiger charge is -2.29. The fraction of sp³-hybridized carbons (Fsp3) is 0.423. The first-order valence-electron chi connectivity index (χ1n) is 11.7. The summed E-state index contributed by atoms with van der Waals surface area (Å²) in [5, 5.41) is 12.1. The van der Waals surface area contributed by atoms with Crippen LogP contribution in [0.3, 0.4) is 0 Å². The maximum absolute atomic E-state index is 12.6. The van der Waals surface area contributed by atoms with Crippen LogP contribution in [-0.4, -0.2) is 66.9 Å². The van der Waals surface area contributed by atoms with Crippen molar-refractivity contribution in [2.45, 2.75) is 31.7 Å². The predicted octanol–water partition coefficient (Wildman–Crippen LogP) is 3.25. The van der Waals surface area contributed by atoms with Gasteiger partial charge in [0, 0.05) is 25.4 Å². The minimum atomic E-state index is -0.953. The third kappa shape index (κ3) is 4.92. The molecule has 0 aromatic heterocycles. The van der Waals surface area contributed by atoms with E-state index in [0.29, 0.717) is 19.5 Å². The van der Waals surface area contributed by atoms with E-state index >= 15 is 0 Å². The molecule has 0 radical (unpaired) electrons. The Labute approximate surface area is 198 Å². The molecule has 4 rings (SSSR count). The van der Waals surface area contributed by atoms with E-state index in [1.807, 2.05) is 31.2 Å². The normalized spacial score (nSPS) is 18.7. The minimum absolute atomic E-state index is 0.00588. The first-order valence-corrected chi connectivity index (χ1v) is 11.7. The summed E-state index contributed by atoms with van der Waals surface area (Å²) < 4.78 is 10.8. The Morgan fingerprint density at radius 1 is 1.06 bits per heavy atom. The van der Waals surface area contributed by atoms with Crippen LogP contribution in [0.25, 0.3) is 11.1 Å². The number of carboxylic acid groups (broad SMARTS) is 1. The van der Waals surface area contributed by atoms with Gasteiger partial charge in [-0.15, -0.1) is 0 Å². The first-order chi connectivity index (χ1) is 16.5. The van der Waals surface area contributed by atoms with Gasteiger partial charge < -0.3 is 24.8 Å². The van der Waals surface area contributed by atoms with Crippen molar-refractivity contribution in [1.29, 1.82) is 0 Å². The van der Waals surface area contributed by atoms with Gasteiger partial charge in [0.05, 0.1) is 19.3 Å². The van der Waals surface area contributed by atoms with Gasteiger partial charge in [-0.05, 0) is 35.6 Å². The number of carbonyl (C=O) groups excluding carboxylic acids is 2. The van der Waals surface area contributed by atoms with Crippen molar-refractivity contribution >= 4 is 18.0 Å². The van der Waals surface area contributed by atoms with Gasteiger partial charge in [0.2, 0.25) is 5.91 Å². The molecule has 2 atom stereocenters. The largest absolute Gasteiger partial charge is 0.481 e. The SMILES string of the molecule is CCN(C(=O)CCCNC(=O)OCC1c2ccccc2-c2ccccc21)C1COCC1C(=O)O. The van der Waals surface area contributed by atoms with Gasteiger partial charge in [0.25, 0.3) is 0 Å². The van der Waals surface area contributed by atoms with Gasteiger partial charge in [0.15, 0.2) is 0 Å². The number of nitrogens with zero attached hydrogens (tertiary/aromatic N) is 1. The molecule has 1 fully saturated rings. The highest BCUT2D eigenvalue weighted by molar-refractivity contribution is 5.80. The van der Waals surface area contributed by atoms with Gasteiger partial charge in [-0.25, -0.2) is 4.79 Å². The van der Waals surface area contributed by atoms with Crippen molar-refractivity contribution in [3.05, 3.63) is 59.7 Å². The Hall–Kier alpha value is -3.39. The van der Waals surface area contributed by atoms with E-state index in [1.54, 1.807) is 4.90 Å². The zero-order valence-electron chi connectivity index (χ0n) is 19.2. The highest BCUT2D eigenvalue weighted by atomic mass is 16.5. The molecule has 2 aliphatic rings. The van der Waals surface area contributed by atoms with Gasteiger partial charge in [0.1, 0.15) is 12.5 Å². The van der Waals surface area contributed by atoms with E-state index in [4.69, 9.17) is 9.47 Å². The minimum Gasteiger partial charge on any atom is -0.481 e. The van der Waals surface area contributed by atoms with Gasteiger partial charge in [-0.2, -0.15) is 0 Å². The topological polar surface area (TPSA) is 105 Å². The van der Waals surface area contributed by atoms with Crippen LogP contribution in [0.5, 0.6) is 0 Å². The molecule has 180 valence electrons. The second kappa shape index (κ2) is 10.7. The van der Waals surface area contributed by atoms with Crippen molar-refractivity contribution in [3.63, 3.8) is 0 Å². The number of amides is 2. The molecule has 0 spiro atoms.